The van der Waals surface area contributed by atoms with Crippen molar-refractivity contribution in [1.29, 1.82) is 0 Å². The van der Waals surface area contributed by atoms with Crippen molar-refractivity contribution in [1.82, 2.24) is 4.98 Å². The third-order valence-corrected chi connectivity index (χ3v) is 3.51. The van der Waals surface area contributed by atoms with E-state index < -0.39 is 5.97 Å². The molecule has 1 heterocycles. The molecular formula is C14H16ClNO2. The first-order valence-corrected chi connectivity index (χ1v) is 6.35. The molecule has 2 aromatic rings. The van der Waals surface area contributed by atoms with Crippen LogP contribution in [-0.4, -0.2) is 16.1 Å². The van der Waals surface area contributed by atoms with Crippen molar-refractivity contribution in [3.05, 3.63) is 35.0 Å². The lowest BCUT2D eigenvalue weighted by molar-refractivity contribution is -0.137. The summed E-state index contributed by atoms with van der Waals surface area (Å²) >= 11 is 6.01. The molecule has 0 spiro atoms. The Morgan fingerprint density at radius 2 is 2.17 bits per heavy atom. The summed E-state index contributed by atoms with van der Waals surface area (Å²) in [6.45, 7) is 4.08. The SMILES string of the molecule is CC(C)C(CC(=O)O)c1c[nH]c2ccc(Cl)cc12. The molecule has 0 bridgehead atoms. The molecule has 4 heteroatoms. The Morgan fingerprint density at radius 3 is 2.78 bits per heavy atom. The second-order valence-electron chi connectivity index (χ2n) is 4.88. The van der Waals surface area contributed by atoms with E-state index in [0.29, 0.717) is 5.02 Å². The maximum absolute atomic E-state index is 11.0. The predicted molar refractivity (Wildman–Crippen MR) is 73.1 cm³/mol. The summed E-state index contributed by atoms with van der Waals surface area (Å²) in [7, 11) is 0. The second kappa shape index (κ2) is 5.02. The molecule has 0 fully saturated rings. The highest BCUT2D eigenvalue weighted by Crippen LogP contribution is 2.34. The van der Waals surface area contributed by atoms with E-state index in [1.165, 1.54) is 0 Å². The van der Waals surface area contributed by atoms with Gasteiger partial charge in [-0.25, -0.2) is 0 Å². The van der Waals surface area contributed by atoms with Gasteiger partial charge in [0.25, 0.3) is 0 Å². The second-order valence-corrected chi connectivity index (χ2v) is 5.32. The van der Waals surface area contributed by atoms with Crippen LogP contribution < -0.4 is 0 Å². The summed E-state index contributed by atoms with van der Waals surface area (Å²) in [6.07, 6.45) is 2.03. The minimum Gasteiger partial charge on any atom is -0.481 e. The van der Waals surface area contributed by atoms with Crippen LogP contribution in [0.15, 0.2) is 24.4 Å². The van der Waals surface area contributed by atoms with Crippen LogP contribution in [0.3, 0.4) is 0 Å². The van der Waals surface area contributed by atoms with Crippen molar-refractivity contribution in [3.63, 3.8) is 0 Å². The summed E-state index contributed by atoms with van der Waals surface area (Å²) in [6, 6.07) is 5.63. The third-order valence-electron chi connectivity index (χ3n) is 3.27. The van der Waals surface area contributed by atoms with Crippen LogP contribution in [0.25, 0.3) is 10.9 Å². The van der Waals surface area contributed by atoms with Gasteiger partial charge in [-0.2, -0.15) is 0 Å². The van der Waals surface area contributed by atoms with Gasteiger partial charge in [-0.1, -0.05) is 25.4 Å². The Morgan fingerprint density at radius 1 is 1.44 bits per heavy atom. The number of hydrogen-bond acceptors (Lipinski definition) is 1. The van der Waals surface area contributed by atoms with Crippen LogP contribution in [0.4, 0.5) is 0 Å². The lowest BCUT2D eigenvalue weighted by Crippen LogP contribution is -2.11. The van der Waals surface area contributed by atoms with Gasteiger partial charge in [0.1, 0.15) is 0 Å². The largest absolute Gasteiger partial charge is 0.481 e. The van der Waals surface area contributed by atoms with Crippen molar-refractivity contribution >= 4 is 28.5 Å². The number of carbonyl (C=O) groups is 1. The number of aromatic nitrogens is 1. The van der Waals surface area contributed by atoms with E-state index in [1.807, 2.05) is 38.2 Å². The molecule has 0 aliphatic carbocycles. The fraction of sp³-hybridized carbons (Fsp3) is 0.357. The molecule has 0 saturated carbocycles. The molecule has 0 aliphatic rings. The van der Waals surface area contributed by atoms with Crippen molar-refractivity contribution < 1.29 is 9.90 Å². The summed E-state index contributed by atoms with van der Waals surface area (Å²) in [5.74, 6) is -0.515. The molecule has 3 nitrogen and oxygen atoms in total. The number of H-pyrrole nitrogens is 1. The number of carboxylic acid groups (broad SMARTS) is 1. The molecule has 0 radical (unpaired) electrons. The quantitative estimate of drug-likeness (QED) is 0.877. The predicted octanol–water partition coefficient (Wildman–Crippen LogP) is 4.04. The molecule has 1 aromatic heterocycles. The van der Waals surface area contributed by atoms with E-state index in [9.17, 15) is 4.79 Å². The van der Waals surface area contributed by atoms with Gasteiger partial charge in [0.15, 0.2) is 0 Å². The Hall–Kier alpha value is -1.48. The molecule has 2 N–H and O–H groups in total. The average molecular weight is 266 g/mol. The molecule has 0 saturated heterocycles. The summed E-state index contributed by atoms with van der Waals surface area (Å²) in [5.41, 5.74) is 2.02. The topological polar surface area (TPSA) is 53.1 Å². The number of fused-ring (bicyclic) bond motifs is 1. The van der Waals surface area contributed by atoms with E-state index in [4.69, 9.17) is 16.7 Å². The minimum atomic E-state index is -0.773. The highest BCUT2D eigenvalue weighted by Gasteiger charge is 2.22. The van der Waals surface area contributed by atoms with Crippen LogP contribution in [0.2, 0.25) is 5.02 Å². The van der Waals surface area contributed by atoms with Crippen LogP contribution >= 0.6 is 11.6 Å². The minimum absolute atomic E-state index is 0.00489. The molecule has 0 aliphatic heterocycles. The number of carboxylic acids is 1. The first-order chi connectivity index (χ1) is 8.49. The Kier molecular flexibility index (Phi) is 3.62. The van der Waals surface area contributed by atoms with E-state index in [2.05, 4.69) is 4.98 Å². The monoisotopic (exact) mass is 265 g/mol. The molecular weight excluding hydrogens is 250 g/mol. The van der Waals surface area contributed by atoms with Gasteiger partial charge in [-0.15, -0.1) is 0 Å². The standard InChI is InChI=1S/C14H16ClNO2/c1-8(2)10(6-14(17)18)12-7-16-13-4-3-9(15)5-11(12)13/h3-5,7-8,10,16H,6H2,1-2H3,(H,17,18). The van der Waals surface area contributed by atoms with Gasteiger partial charge >= 0.3 is 5.97 Å². The Bertz CT molecular complexity index is 574. The maximum Gasteiger partial charge on any atom is 0.303 e. The summed E-state index contributed by atoms with van der Waals surface area (Å²) in [5, 5.41) is 10.7. The van der Waals surface area contributed by atoms with Crippen molar-refractivity contribution in [2.75, 3.05) is 0 Å². The number of aromatic amines is 1. The van der Waals surface area contributed by atoms with Gasteiger partial charge in [-0.3, -0.25) is 4.79 Å². The highest BCUT2D eigenvalue weighted by molar-refractivity contribution is 6.31. The number of rotatable bonds is 4. The van der Waals surface area contributed by atoms with Gasteiger partial charge in [0.05, 0.1) is 6.42 Å². The van der Waals surface area contributed by atoms with E-state index in [0.717, 1.165) is 16.5 Å². The normalized spacial score (nSPS) is 13.1. The molecule has 18 heavy (non-hydrogen) atoms. The third kappa shape index (κ3) is 2.51. The van der Waals surface area contributed by atoms with E-state index in [1.54, 1.807) is 0 Å². The fourth-order valence-corrected chi connectivity index (χ4v) is 2.49. The Balaban J connectivity index is 2.50. The molecule has 2 rings (SSSR count). The van der Waals surface area contributed by atoms with Crippen molar-refractivity contribution in [2.24, 2.45) is 5.92 Å². The first kappa shape index (κ1) is 13.0. The highest BCUT2D eigenvalue weighted by atomic mass is 35.5. The smallest absolute Gasteiger partial charge is 0.303 e. The summed E-state index contributed by atoms with van der Waals surface area (Å²) < 4.78 is 0. The lowest BCUT2D eigenvalue weighted by Gasteiger charge is -2.18. The number of benzene rings is 1. The zero-order valence-corrected chi connectivity index (χ0v) is 11.2. The van der Waals surface area contributed by atoms with Gasteiger partial charge < -0.3 is 10.1 Å². The molecule has 96 valence electrons. The summed E-state index contributed by atoms with van der Waals surface area (Å²) in [4.78, 5) is 14.1. The molecule has 1 atom stereocenters. The van der Waals surface area contributed by atoms with Crippen molar-refractivity contribution in [2.45, 2.75) is 26.2 Å². The van der Waals surface area contributed by atoms with Gasteiger partial charge in [0.2, 0.25) is 0 Å². The molecule has 1 aromatic carbocycles. The van der Waals surface area contributed by atoms with E-state index >= 15 is 0 Å². The number of halogens is 1. The van der Waals surface area contributed by atoms with Crippen LogP contribution in [0.5, 0.6) is 0 Å². The van der Waals surface area contributed by atoms with Gasteiger partial charge in [0, 0.05) is 22.1 Å². The number of hydrogen-bond donors (Lipinski definition) is 2. The average Bonchev–Trinajstić information content (AvgIpc) is 2.68. The maximum atomic E-state index is 11.0. The Labute approximate surface area is 111 Å². The molecule has 0 amide bonds. The number of nitrogens with one attached hydrogen (secondary N) is 1. The first-order valence-electron chi connectivity index (χ1n) is 5.97. The molecule has 1 unspecified atom stereocenters. The van der Waals surface area contributed by atoms with Crippen LogP contribution in [0, 0.1) is 5.92 Å². The number of aliphatic carboxylic acids is 1. The van der Waals surface area contributed by atoms with E-state index in [-0.39, 0.29) is 18.3 Å². The fourth-order valence-electron chi connectivity index (χ4n) is 2.31. The van der Waals surface area contributed by atoms with Gasteiger partial charge in [-0.05, 0) is 35.6 Å². The zero-order chi connectivity index (χ0) is 13.3. The van der Waals surface area contributed by atoms with Crippen molar-refractivity contribution in [3.8, 4) is 0 Å². The van der Waals surface area contributed by atoms with Crippen LogP contribution in [0.1, 0.15) is 31.7 Å². The zero-order valence-electron chi connectivity index (χ0n) is 10.4. The van der Waals surface area contributed by atoms with Crippen LogP contribution in [-0.2, 0) is 4.79 Å². The lowest BCUT2D eigenvalue weighted by atomic mass is 9.85.